The van der Waals surface area contributed by atoms with Gasteiger partial charge in [-0.1, -0.05) is 23.7 Å². The number of hydrogen-bond acceptors (Lipinski definition) is 3. The first-order valence-corrected chi connectivity index (χ1v) is 8.29. The fraction of sp³-hybridized carbons (Fsp3) is 0.222. The van der Waals surface area contributed by atoms with Crippen molar-refractivity contribution >= 4 is 34.8 Å². The minimum atomic E-state index is -0.601. The number of carbonyl (C=O) groups is 2. The lowest BCUT2D eigenvalue weighted by Crippen LogP contribution is -2.26. The zero-order valence-corrected chi connectivity index (χ0v) is 14.1. The molecule has 7 heteroatoms. The Balaban J connectivity index is 1.57. The summed E-state index contributed by atoms with van der Waals surface area (Å²) >= 11 is 5.69. The molecule has 0 heterocycles. The first-order chi connectivity index (χ1) is 12.0. The fourth-order valence-electron chi connectivity index (χ4n) is 2.26. The molecule has 0 radical (unpaired) electrons. The molecule has 1 aliphatic carbocycles. The second kappa shape index (κ2) is 7.53. The average Bonchev–Trinajstić information content (AvgIpc) is 3.40. The smallest absolute Gasteiger partial charge is 0.251 e. The molecule has 0 bridgehead atoms. The summed E-state index contributed by atoms with van der Waals surface area (Å²) < 4.78 is 13.8. The van der Waals surface area contributed by atoms with E-state index in [2.05, 4.69) is 16.0 Å². The third-order valence-electron chi connectivity index (χ3n) is 3.71. The maximum atomic E-state index is 13.8. The summed E-state index contributed by atoms with van der Waals surface area (Å²) in [6, 6.07) is 11.5. The molecule has 1 saturated carbocycles. The largest absolute Gasteiger partial charge is 0.374 e. The Labute approximate surface area is 149 Å². The van der Waals surface area contributed by atoms with E-state index in [1.807, 2.05) is 0 Å². The topological polar surface area (TPSA) is 70.2 Å². The second-order valence-corrected chi connectivity index (χ2v) is 6.24. The van der Waals surface area contributed by atoms with E-state index in [1.165, 1.54) is 12.1 Å². The Bertz CT molecular complexity index is 809. The van der Waals surface area contributed by atoms with Crippen LogP contribution in [-0.2, 0) is 4.79 Å². The van der Waals surface area contributed by atoms with Crippen LogP contribution in [0.2, 0.25) is 5.02 Å². The minimum Gasteiger partial charge on any atom is -0.374 e. The van der Waals surface area contributed by atoms with Gasteiger partial charge in [0.2, 0.25) is 5.91 Å². The van der Waals surface area contributed by atoms with Gasteiger partial charge in [-0.3, -0.25) is 9.59 Å². The van der Waals surface area contributed by atoms with E-state index in [-0.39, 0.29) is 35.1 Å². The fourth-order valence-corrected chi connectivity index (χ4v) is 2.43. The molecule has 0 saturated heterocycles. The number of hydrogen-bond donors (Lipinski definition) is 3. The Morgan fingerprint density at radius 2 is 1.92 bits per heavy atom. The standard InChI is InChI=1S/C18H17ClFN3O2/c19-14-5-2-6-15(17(14)20)21-10-16(24)22-13-4-1-3-11(9-13)18(25)23-12-7-8-12/h1-6,9,12,21H,7-8,10H2,(H,22,24)(H,23,25). The third-order valence-corrected chi connectivity index (χ3v) is 4.00. The molecule has 3 N–H and O–H groups in total. The molecular formula is C18H17ClFN3O2. The van der Waals surface area contributed by atoms with Crippen molar-refractivity contribution in [2.24, 2.45) is 0 Å². The van der Waals surface area contributed by atoms with Gasteiger partial charge in [0, 0.05) is 17.3 Å². The predicted molar refractivity (Wildman–Crippen MR) is 95.5 cm³/mol. The Hall–Kier alpha value is -2.60. The van der Waals surface area contributed by atoms with Gasteiger partial charge in [0.25, 0.3) is 5.91 Å². The van der Waals surface area contributed by atoms with Gasteiger partial charge >= 0.3 is 0 Å². The SMILES string of the molecule is O=C(CNc1cccc(Cl)c1F)Nc1cccc(C(=O)NC2CC2)c1. The second-order valence-electron chi connectivity index (χ2n) is 5.83. The van der Waals surface area contributed by atoms with Gasteiger partial charge in [-0.25, -0.2) is 4.39 Å². The summed E-state index contributed by atoms with van der Waals surface area (Å²) in [5, 5.41) is 8.24. The molecule has 2 amide bonds. The van der Waals surface area contributed by atoms with Crippen molar-refractivity contribution in [2.45, 2.75) is 18.9 Å². The normalized spacial score (nSPS) is 13.2. The van der Waals surface area contributed by atoms with Crippen molar-refractivity contribution in [3.05, 3.63) is 58.9 Å². The van der Waals surface area contributed by atoms with Crippen LogP contribution in [0.3, 0.4) is 0 Å². The highest BCUT2D eigenvalue weighted by atomic mass is 35.5. The van der Waals surface area contributed by atoms with Gasteiger partial charge in [-0.2, -0.15) is 0 Å². The lowest BCUT2D eigenvalue weighted by atomic mass is 10.2. The van der Waals surface area contributed by atoms with Gasteiger partial charge in [0.1, 0.15) is 0 Å². The quantitative estimate of drug-likeness (QED) is 0.738. The molecule has 2 aromatic rings. The van der Waals surface area contributed by atoms with E-state index in [4.69, 9.17) is 11.6 Å². The Morgan fingerprint density at radius 1 is 1.16 bits per heavy atom. The highest BCUT2D eigenvalue weighted by Crippen LogP contribution is 2.22. The van der Waals surface area contributed by atoms with Crippen molar-refractivity contribution in [2.75, 3.05) is 17.2 Å². The van der Waals surface area contributed by atoms with Crippen molar-refractivity contribution in [3.8, 4) is 0 Å². The molecule has 0 atom stereocenters. The van der Waals surface area contributed by atoms with Crippen LogP contribution in [0, 0.1) is 5.82 Å². The maximum absolute atomic E-state index is 13.8. The van der Waals surface area contributed by atoms with Crippen molar-refractivity contribution in [1.82, 2.24) is 5.32 Å². The van der Waals surface area contributed by atoms with Crippen LogP contribution in [0.1, 0.15) is 23.2 Å². The van der Waals surface area contributed by atoms with E-state index >= 15 is 0 Å². The predicted octanol–water partition coefficient (Wildman–Crippen LogP) is 3.42. The molecule has 3 rings (SSSR count). The van der Waals surface area contributed by atoms with Crippen LogP contribution < -0.4 is 16.0 Å². The zero-order chi connectivity index (χ0) is 17.8. The number of rotatable bonds is 6. The molecule has 0 unspecified atom stereocenters. The third kappa shape index (κ3) is 4.70. The first kappa shape index (κ1) is 17.2. The number of halogens is 2. The molecule has 0 aromatic heterocycles. The molecule has 5 nitrogen and oxygen atoms in total. The van der Waals surface area contributed by atoms with E-state index in [1.54, 1.807) is 30.3 Å². The molecule has 1 aliphatic rings. The number of nitrogens with one attached hydrogen (secondary N) is 3. The molecule has 130 valence electrons. The number of benzene rings is 2. The highest BCUT2D eigenvalue weighted by molar-refractivity contribution is 6.31. The van der Waals surface area contributed by atoms with E-state index in [0.29, 0.717) is 11.3 Å². The van der Waals surface area contributed by atoms with Crippen LogP contribution in [-0.4, -0.2) is 24.4 Å². The molecule has 0 aliphatic heterocycles. The molecule has 0 spiro atoms. The summed E-state index contributed by atoms with van der Waals surface area (Å²) in [5.41, 5.74) is 1.14. The van der Waals surface area contributed by atoms with Crippen LogP contribution in [0.5, 0.6) is 0 Å². The minimum absolute atomic E-state index is 0.0141. The zero-order valence-electron chi connectivity index (χ0n) is 13.3. The molecule has 1 fully saturated rings. The van der Waals surface area contributed by atoms with Gasteiger partial charge in [0.15, 0.2) is 5.82 Å². The lowest BCUT2D eigenvalue weighted by Gasteiger charge is -2.10. The average molecular weight is 362 g/mol. The summed E-state index contributed by atoms with van der Waals surface area (Å²) in [6.45, 7) is -0.129. The Kier molecular flexibility index (Phi) is 5.19. The summed E-state index contributed by atoms with van der Waals surface area (Å²) in [6.07, 6.45) is 2.02. The van der Waals surface area contributed by atoms with E-state index < -0.39 is 5.82 Å². The monoisotopic (exact) mass is 361 g/mol. The van der Waals surface area contributed by atoms with E-state index in [9.17, 15) is 14.0 Å². The summed E-state index contributed by atoms with van der Waals surface area (Å²) in [5.74, 6) is -1.12. The molecular weight excluding hydrogens is 345 g/mol. The number of carbonyl (C=O) groups excluding carboxylic acids is 2. The van der Waals surface area contributed by atoms with Gasteiger partial charge in [0.05, 0.1) is 17.3 Å². The van der Waals surface area contributed by atoms with Crippen LogP contribution >= 0.6 is 11.6 Å². The lowest BCUT2D eigenvalue weighted by molar-refractivity contribution is -0.114. The van der Waals surface area contributed by atoms with Crippen molar-refractivity contribution < 1.29 is 14.0 Å². The number of amides is 2. The summed E-state index contributed by atoms with van der Waals surface area (Å²) in [4.78, 5) is 24.0. The van der Waals surface area contributed by atoms with Gasteiger partial charge < -0.3 is 16.0 Å². The van der Waals surface area contributed by atoms with E-state index in [0.717, 1.165) is 12.8 Å². The molecule has 25 heavy (non-hydrogen) atoms. The highest BCUT2D eigenvalue weighted by Gasteiger charge is 2.23. The Morgan fingerprint density at radius 3 is 2.68 bits per heavy atom. The summed E-state index contributed by atoms with van der Waals surface area (Å²) in [7, 11) is 0. The van der Waals surface area contributed by atoms with Gasteiger partial charge in [-0.05, 0) is 43.2 Å². The molecule has 2 aromatic carbocycles. The maximum Gasteiger partial charge on any atom is 0.251 e. The van der Waals surface area contributed by atoms with Crippen molar-refractivity contribution in [3.63, 3.8) is 0 Å². The van der Waals surface area contributed by atoms with Crippen LogP contribution in [0.15, 0.2) is 42.5 Å². The van der Waals surface area contributed by atoms with Crippen LogP contribution in [0.25, 0.3) is 0 Å². The van der Waals surface area contributed by atoms with Gasteiger partial charge in [-0.15, -0.1) is 0 Å². The van der Waals surface area contributed by atoms with Crippen LogP contribution in [0.4, 0.5) is 15.8 Å². The number of anilines is 2. The van der Waals surface area contributed by atoms with Crippen molar-refractivity contribution in [1.29, 1.82) is 0 Å². The first-order valence-electron chi connectivity index (χ1n) is 7.91.